The number of nitrogens with zero attached hydrogens (tertiary/aromatic N) is 2. The van der Waals surface area contributed by atoms with Crippen LogP contribution in [0.2, 0.25) is 0 Å². The fraction of sp³-hybridized carbons (Fsp3) is 0.0667. The molecule has 0 atom stereocenters. The summed E-state index contributed by atoms with van der Waals surface area (Å²) in [6, 6.07) is 1.81. The Labute approximate surface area is 120 Å². The largest absolute Gasteiger partial charge is 0.364 e. The van der Waals surface area contributed by atoms with E-state index in [2.05, 4.69) is 21.7 Å². The highest BCUT2D eigenvalue weighted by molar-refractivity contribution is 7.13. The average molecular weight is 283 g/mol. The van der Waals surface area contributed by atoms with Crippen LogP contribution in [0.4, 0.5) is 0 Å². The fourth-order valence-electron chi connectivity index (χ4n) is 1.97. The third-order valence-corrected chi connectivity index (χ3v) is 3.83. The number of hydrogen-bond donors (Lipinski definition) is 1. The topological polar surface area (TPSA) is 54.7 Å². The highest BCUT2D eigenvalue weighted by Gasteiger charge is 2.13. The number of thiazole rings is 1. The van der Waals surface area contributed by atoms with Crippen molar-refractivity contribution in [2.24, 2.45) is 0 Å². The SMILES string of the molecule is C=C/C=C\c1c(-c2csc(-c3ccon3)n2)c[nH]c1C. The fourth-order valence-corrected chi connectivity index (χ4v) is 2.75. The lowest BCUT2D eigenvalue weighted by atomic mass is 10.1. The zero-order valence-electron chi connectivity index (χ0n) is 11.0. The number of hydrogen-bond acceptors (Lipinski definition) is 4. The van der Waals surface area contributed by atoms with E-state index in [0.717, 1.165) is 33.2 Å². The van der Waals surface area contributed by atoms with Crippen molar-refractivity contribution in [3.05, 3.63) is 53.9 Å². The van der Waals surface area contributed by atoms with Gasteiger partial charge >= 0.3 is 0 Å². The molecule has 3 aromatic heterocycles. The quantitative estimate of drug-likeness (QED) is 0.726. The molecule has 0 spiro atoms. The monoisotopic (exact) mass is 283 g/mol. The number of H-pyrrole nitrogens is 1. The molecule has 3 aromatic rings. The van der Waals surface area contributed by atoms with Crippen LogP contribution in [-0.2, 0) is 0 Å². The van der Waals surface area contributed by atoms with Crippen LogP contribution in [-0.4, -0.2) is 15.1 Å². The Hall–Kier alpha value is -2.40. The van der Waals surface area contributed by atoms with Gasteiger partial charge in [-0.25, -0.2) is 4.98 Å². The standard InChI is InChI=1S/C15H13N3OS/c1-3-4-5-11-10(2)16-8-12(11)14-9-20-15(17-14)13-6-7-19-18-13/h3-9,16H,1H2,2H3/b5-4-. The van der Waals surface area contributed by atoms with Gasteiger partial charge in [0.2, 0.25) is 0 Å². The summed E-state index contributed by atoms with van der Waals surface area (Å²) in [7, 11) is 0. The minimum absolute atomic E-state index is 0.761. The van der Waals surface area contributed by atoms with Crippen molar-refractivity contribution in [1.29, 1.82) is 0 Å². The third-order valence-electron chi connectivity index (χ3n) is 2.96. The van der Waals surface area contributed by atoms with Gasteiger partial charge in [-0.05, 0) is 6.92 Å². The van der Waals surface area contributed by atoms with Crippen LogP contribution in [0.25, 0.3) is 28.0 Å². The van der Waals surface area contributed by atoms with E-state index in [1.54, 1.807) is 23.7 Å². The molecule has 0 radical (unpaired) electrons. The highest BCUT2D eigenvalue weighted by atomic mass is 32.1. The molecule has 3 rings (SSSR count). The maximum absolute atomic E-state index is 4.85. The van der Waals surface area contributed by atoms with Crippen LogP contribution in [0.15, 0.2) is 47.2 Å². The minimum atomic E-state index is 0.761. The summed E-state index contributed by atoms with van der Waals surface area (Å²) in [4.78, 5) is 7.85. The normalized spacial score (nSPS) is 11.2. The van der Waals surface area contributed by atoms with Gasteiger partial charge in [0.1, 0.15) is 17.0 Å². The summed E-state index contributed by atoms with van der Waals surface area (Å²) in [6.45, 7) is 5.74. The molecule has 5 heteroatoms. The summed E-state index contributed by atoms with van der Waals surface area (Å²) < 4.78 is 4.85. The van der Waals surface area contributed by atoms with Gasteiger partial charge in [0.25, 0.3) is 0 Å². The second-order valence-corrected chi connectivity index (χ2v) is 5.12. The maximum Gasteiger partial charge on any atom is 0.146 e. The van der Waals surface area contributed by atoms with Crippen molar-refractivity contribution in [3.63, 3.8) is 0 Å². The first-order valence-corrected chi connectivity index (χ1v) is 7.01. The first-order valence-electron chi connectivity index (χ1n) is 6.13. The van der Waals surface area contributed by atoms with Gasteiger partial charge in [0, 0.05) is 34.5 Å². The van der Waals surface area contributed by atoms with E-state index in [1.807, 2.05) is 36.7 Å². The molecule has 0 unspecified atom stereocenters. The molecule has 4 nitrogen and oxygen atoms in total. The van der Waals surface area contributed by atoms with Gasteiger partial charge in [0.15, 0.2) is 0 Å². The van der Waals surface area contributed by atoms with E-state index in [4.69, 9.17) is 4.52 Å². The smallest absolute Gasteiger partial charge is 0.146 e. The predicted octanol–water partition coefficient (Wildman–Crippen LogP) is 4.30. The Morgan fingerprint density at radius 3 is 3.05 bits per heavy atom. The number of aromatic amines is 1. The summed E-state index contributed by atoms with van der Waals surface area (Å²) in [5, 5.41) is 6.79. The molecule has 0 saturated heterocycles. The number of rotatable bonds is 4. The van der Waals surface area contributed by atoms with E-state index in [0.29, 0.717) is 0 Å². The van der Waals surface area contributed by atoms with Gasteiger partial charge < -0.3 is 9.51 Å². The summed E-state index contributed by atoms with van der Waals surface area (Å²) in [6.07, 6.45) is 9.24. The van der Waals surface area contributed by atoms with Gasteiger partial charge in [-0.2, -0.15) is 0 Å². The zero-order valence-corrected chi connectivity index (χ0v) is 11.8. The van der Waals surface area contributed by atoms with Gasteiger partial charge in [-0.1, -0.05) is 30.0 Å². The molecular weight excluding hydrogens is 270 g/mol. The predicted molar refractivity (Wildman–Crippen MR) is 81.4 cm³/mol. The molecule has 0 saturated carbocycles. The summed E-state index contributed by atoms with van der Waals surface area (Å²) in [5.41, 5.74) is 5.00. The van der Waals surface area contributed by atoms with Gasteiger partial charge in [-0.15, -0.1) is 11.3 Å². The summed E-state index contributed by atoms with van der Waals surface area (Å²) in [5.74, 6) is 0. The number of allylic oxidation sites excluding steroid dienone is 2. The molecule has 1 N–H and O–H groups in total. The Balaban J connectivity index is 2.02. The van der Waals surface area contributed by atoms with E-state index in [1.165, 1.54) is 0 Å². The lowest BCUT2D eigenvalue weighted by Gasteiger charge is -1.96. The van der Waals surface area contributed by atoms with E-state index in [9.17, 15) is 0 Å². The Morgan fingerprint density at radius 2 is 2.30 bits per heavy atom. The molecular formula is C15H13N3OS. The van der Waals surface area contributed by atoms with Crippen LogP contribution in [0.3, 0.4) is 0 Å². The van der Waals surface area contributed by atoms with Crippen LogP contribution in [0.5, 0.6) is 0 Å². The first-order chi connectivity index (χ1) is 9.79. The Kier molecular flexibility index (Phi) is 3.35. The molecule has 0 fully saturated rings. The number of aryl methyl sites for hydroxylation is 1. The molecule has 0 amide bonds. The molecule has 0 bridgehead atoms. The van der Waals surface area contributed by atoms with E-state index >= 15 is 0 Å². The van der Waals surface area contributed by atoms with Crippen molar-refractivity contribution in [2.75, 3.05) is 0 Å². The molecule has 20 heavy (non-hydrogen) atoms. The summed E-state index contributed by atoms with van der Waals surface area (Å²) >= 11 is 1.55. The first kappa shape index (κ1) is 12.6. The van der Waals surface area contributed by atoms with Crippen molar-refractivity contribution in [2.45, 2.75) is 6.92 Å². The second-order valence-electron chi connectivity index (χ2n) is 4.26. The second kappa shape index (κ2) is 5.30. The minimum Gasteiger partial charge on any atom is -0.364 e. The average Bonchev–Trinajstić information content (AvgIpc) is 3.16. The van der Waals surface area contributed by atoms with E-state index < -0.39 is 0 Å². The molecule has 0 aliphatic heterocycles. The van der Waals surface area contributed by atoms with E-state index in [-0.39, 0.29) is 0 Å². The third kappa shape index (κ3) is 2.23. The molecule has 100 valence electrons. The van der Waals surface area contributed by atoms with Crippen LogP contribution in [0, 0.1) is 6.92 Å². The maximum atomic E-state index is 4.85. The Morgan fingerprint density at radius 1 is 1.40 bits per heavy atom. The zero-order chi connectivity index (χ0) is 13.9. The molecule has 3 heterocycles. The number of aromatic nitrogens is 3. The molecule has 0 aromatic carbocycles. The Bertz CT molecular complexity index is 750. The van der Waals surface area contributed by atoms with Crippen molar-refractivity contribution in [3.8, 4) is 22.0 Å². The molecule has 0 aliphatic rings. The van der Waals surface area contributed by atoms with Crippen molar-refractivity contribution < 1.29 is 4.52 Å². The van der Waals surface area contributed by atoms with Gasteiger partial charge in [-0.3, -0.25) is 0 Å². The van der Waals surface area contributed by atoms with Crippen LogP contribution < -0.4 is 0 Å². The molecule has 0 aliphatic carbocycles. The lowest BCUT2D eigenvalue weighted by molar-refractivity contribution is 0.422. The van der Waals surface area contributed by atoms with Crippen molar-refractivity contribution >= 4 is 17.4 Å². The van der Waals surface area contributed by atoms with Crippen LogP contribution >= 0.6 is 11.3 Å². The van der Waals surface area contributed by atoms with Crippen LogP contribution in [0.1, 0.15) is 11.3 Å². The van der Waals surface area contributed by atoms with Crippen molar-refractivity contribution in [1.82, 2.24) is 15.1 Å². The lowest BCUT2D eigenvalue weighted by Crippen LogP contribution is -1.81. The number of nitrogens with one attached hydrogen (secondary N) is 1. The highest BCUT2D eigenvalue weighted by Crippen LogP contribution is 2.31. The van der Waals surface area contributed by atoms with Gasteiger partial charge in [0.05, 0.1) is 5.69 Å².